The van der Waals surface area contributed by atoms with E-state index in [4.69, 9.17) is 5.11 Å². The van der Waals surface area contributed by atoms with Crippen molar-refractivity contribution in [2.75, 3.05) is 33.9 Å². The number of carboxylic acid groups (broad SMARTS) is 1. The van der Waals surface area contributed by atoms with Gasteiger partial charge in [-0.25, -0.2) is 0 Å². The summed E-state index contributed by atoms with van der Waals surface area (Å²) in [4.78, 5) is 34.3. The Labute approximate surface area is 112 Å². The van der Waals surface area contributed by atoms with Crippen molar-refractivity contribution < 1.29 is 29.0 Å². The van der Waals surface area contributed by atoms with Crippen LogP contribution in [0, 0.1) is 0 Å². The first-order valence-electron chi connectivity index (χ1n) is 6.07. The smallest absolute Gasteiger partial charge is 0.319 e. The van der Waals surface area contributed by atoms with Gasteiger partial charge < -0.3 is 14.6 Å². The second-order valence-electron chi connectivity index (χ2n) is 4.07. The maximum Gasteiger partial charge on any atom is 0.319 e. The predicted molar refractivity (Wildman–Crippen MR) is 66.6 cm³/mol. The van der Waals surface area contributed by atoms with Crippen molar-refractivity contribution in [1.29, 1.82) is 0 Å². The van der Waals surface area contributed by atoms with Gasteiger partial charge in [0.05, 0.1) is 27.3 Å². The highest BCUT2D eigenvalue weighted by Gasteiger charge is 2.14. The van der Waals surface area contributed by atoms with Crippen LogP contribution in [0.3, 0.4) is 0 Å². The Morgan fingerprint density at radius 2 is 1.47 bits per heavy atom. The number of hydrogen-bond donors (Lipinski definition) is 1. The van der Waals surface area contributed by atoms with Crippen molar-refractivity contribution in [3.05, 3.63) is 0 Å². The van der Waals surface area contributed by atoms with E-state index >= 15 is 0 Å². The maximum absolute atomic E-state index is 11.2. The average Bonchev–Trinajstić information content (AvgIpc) is 2.37. The standard InChI is InChI=1S/C12H21NO6/c1-18-11(16)8-13(9-12(17)19-2)7-5-3-4-6-10(14)15/h3-9H2,1-2H3,(H,14,15). The Hall–Kier alpha value is -1.63. The first kappa shape index (κ1) is 17.4. The zero-order valence-electron chi connectivity index (χ0n) is 11.4. The number of ether oxygens (including phenoxy) is 2. The van der Waals surface area contributed by atoms with Gasteiger partial charge in [0.2, 0.25) is 0 Å². The highest BCUT2D eigenvalue weighted by Crippen LogP contribution is 2.02. The van der Waals surface area contributed by atoms with Crippen LogP contribution in [-0.4, -0.2) is 61.8 Å². The minimum atomic E-state index is -0.819. The van der Waals surface area contributed by atoms with Crippen LogP contribution in [-0.2, 0) is 23.9 Å². The summed E-state index contributed by atoms with van der Waals surface area (Å²) in [5, 5.41) is 8.49. The third-order valence-electron chi connectivity index (χ3n) is 2.53. The fraction of sp³-hybridized carbons (Fsp3) is 0.750. The number of aliphatic carboxylic acids is 1. The van der Waals surface area contributed by atoms with Crippen molar-refractivity contribution in [3.8, 4) is 0 Å². The molecule has 19 heavy (non-hydrogen) atoms. The average molecular weight is 275 g/mol. The number of unbranched alkanes of at least 4 members (excludes halogenated alkanes) is 2. The molecule has 0 radical (unpaired) electrons. The number of carbonyl (C=O) groups excluding carboxylic acids is 2. The van der Waals surface area contributed by atoms with E-state index in [1.54, 1.807) is 4.90 Å². The lowest BCUT2D eigenvalue weighted by Gasteiger charge is -2.19. The molecule has 0 aromatic carbocycles. The van der Waals surface area contributed by atoms with Gasteiger partial charge >= 0.3 is 17.9 Å². The monoisotopic (exact) mass is 275 g/mol. The molecule has 7 nitrogen and oxygen atoms in total. The van der Waals surface area contributed by atoms with Crippen LogP contribution >= 0.6 is 0 Å². The van der Waals surface area contributed by atoms with E-state index in [9.17, 15) is 14.4 Å². The zero-order valence-corrected chi connectivity index (χ0v) is 11.4. The first-order chi connectivity index (χ1) is 8.99. The maximum atomic E-state index is 11.2. The minimum Gasteiger partial charge on any atom is -0.481 e. The molecular formula is C12H21NO6. The lowest BCUT2D eigenvalue weighted by molar-refractivity contribution is -0.145. The summed E-state index contributed by atoms with van der Waals surface area (Å²) in [6.45, 7) is 0.554. The van der Waals surface area contributed by atoms with Crippen molar-refractivity contribution in [1.82, 2.24) is 4.90 Å². The highest BCUT2D eigenvalue weighted by molar-refractivity contribution is 5.74. The normalized spacial score (nSPS) is 10.3. The third kappa shape index (κ3) is 10.0. The van der Waals surface area contributed by atoms with Gasteiger partial charge in [-0.1, -0.05) is 6.42 Å². The number of nitrogens with zero attached hydrogens (tertiary/aromatic N) is 1. The first-order valence-corrected chi connectivity index (χ1v) is 6.07. The molecular weight excluding hydrogens is 254 g/mol. The fourth-order valence-corrected chi connectivity index (χ4v) is 1.50. The molecule has 110 valence electrons. The van der Waals surface area contributed by atoms with E-state index in [0.717, 1.165) is 6.42 Å². The number of hydrogen-bond acceptors (Lipinski definition) is 6. The number of carboxylic acids is 1. The van der Waals surface area contributed by atoms with Gasteiger partial charge in [-0.3, -0.25) is 19.3 Å². The van der Waals surface area contributed by atoms with Crippen molar-refractivity contribution in [2.24, 2.45) is 0 Å². The van der Waals surface area contributed by atoms with E-state index in [-0.39, 0.29) is 19.5 Å². The molecule has 0 atom stereocenters. The lowest BCUT2D eigenvalue weighted by atomic mass is 10.2. The minimum absolute atomic E-state index is 0.0184. The van der Waals surface area contributed by atoms with E-state index in [1.165, 1.54) is 14.2 Å². The summed E-state index contributed by atoms with van der Waals surface area (Å²) in [5.41, 5.74) is 0. The fourth-order valence-electron chi connectivity index (χ4n) is 1.50. The van der Waals surface area contributed by atoms with Crippen LogP contribution in [0.15, 0.2) is 0 Å². The largest absolute Gasteiger partial charge is 0.481 e. The Balaban J connectivity index is 4.00. The lowest BCUT2D eigenvalue weighted by Crippen LogP contribution is -2.36. The van der Waals surface area contributed by atoms with Crippen LogP contribution in [0.25, 0.3) is 0 Å². The molecule has 0 aromatic heterocycles. The van der Waals surface area contributed by atoms with Crippen LogP contribution < -0.4 is 0 Å². The Morgan fingerprint density at radius 3 is 1.89 bits per heavy atom. The van der Waals surface area contributed by atoms with Gasteiger partial charge in [0.15, 0.2) is 0 Å². The van der Waals surface area contributed by atoms with E-state index < -0.39 is 17.9 Å². The zero-order chi connectivity index (χ0) is 14.7. The van der Waals surface area contributed by atoms with Gasteiger partial charge in [-0.15, -0.1) is 0 Å². The Bertz CT molecular complexity index is 287. The van der Waals surface area contributed by atoms with Crippen LogP contribution in [0.2, 0.25) is 0 Å². The van der Waals surface area contributed by atoms with Gasteiger partial charge in [0, 0.05) is 6.42 Å². The van der Waals surface area contributed by atoms with E-state index in [1.807, 2.05) is 0 Å². The molecule has 0 aromatic rings. The summed E-state index contributed by atoms with van der Waals surface area (Å²) >= 11 is 0. The molecule has 0 aliphatic rings. The summed E-state index contributed by atoms with van der Waals surface area (Å²) < 4.78 is 9.09. The van der Waals surface area contributed by atoms with E-state index in [0.29, 0.717) is 19.4 Å². The van der Waals surface area contributed by atoms with Crippen molar-refractivity contribution >= 4 is 17.9 Å². The molecule has 0 saturated carbocycles. The molecule has 0 saturated heterocycles. The number of rotatable bonds is 10. The molecule has 0 heterocycles. The summed E-state index contributed by atoms with van der Waals surface area (Å²) in [7, 11) is 2.57. The molecule has 0 rings (SSSR count). The molecule has 7 heteroatoms. The van der Waals surface area contributed by atoms with E-state index in [2.05, 4.69) is 9.47 Å². The third-order valence-corrected chi connectivity index (χ3v) is 2.53. The molecule has 0 aliphatic carbocycles. The molecule has 1 N–H and O–H groups in total. The van der Waals surface area contributed by atoms with Crippen LogP contribution in [0.4, 0.5) is 0 Å². The molecule has 0 spiro atoms. The second kappa shape index (κ2) is 10.3. The van der Waals surface area contributed by atoms with Gasteiger partial charge in [-0.05, 0) is 19.4 Å². The molecule has 0 bridgehead atoms. The molecule has 0 fully saturated rings. The predicted octanol–water partition coefficient (Wildman–Crippen LogP) is 0.279. The summed E-state index contributed by atoms with van der Waals surface area (Å²) in [6.07, 6.45) is 2.15. The van der Waals surface area contributed by atoms with Crippen LogP contribution in [0.5, 0.6) is 0 Å². The number of carbonyl (C=O) groups is 3. The van der Waals surface area contributed by atoms with Crippen molar-refractivity contribution in [3.63, 3.8) is 0 Å². The quantitative estimate of drug-likeness (QED) is 0.452. The molecule has 0 amide bonds. The van der Waals surface area contributed by atoms with Crippen molar-refractivity contribution in [2.45, 2.75) is 25.7 Å². The molecule has 0 unspecified atom stereocenters. The number of methoxy groups -OCH3 is 2. The van der Waals surface area contributed by atoms with Crippen LogP contribution in [0.1, 0.15) is 25.7 Å². The molecule has 0 aliphatic heterocycles. The Kier molecular flexibility index (Phi) is 9.42. The summed E-state index contributed by atoms with van der Waals surface area (Å²) in [6, 6.07) is 0. The highest BCUT2D eigenvalue weighted by atomic mass is 16.5. The summed E-state index contributed by atoms with van der Waals surface area (Å²) in [5.74, 6) is -1.66. The van der Waals surface area contributed by atoms with Gasteiger partial charge in [0.1, 0.15) is 0 Å². The van der Waals surface area contributed by atoms with Gasteiger partial charge in [0.25, 0.3) is 0 Å². The van der Waals surface area contributed by atoms with Gasteiger partial charge in [-0.2, -0.15) is 0 Å². The Morgan fingerprint density at radius 1 is 0.947 bits per heavy atom. The topological polar surface area (TPSA) is 93.1 Å². The SMILES string of the molecule is COC(=O)CN(CCCCCC(=O)O)CC(=O)OC. The second-order valence-corrected chi connectivity index (χ2v) is 4.07. The number of esters is 2.